The fourth-order valence-electron chi connectivity index (χ4n) is 4.26. The quantitative estimate of drug-likeness (QED) is 0.727. The Balaban J connectivity index is 1.48. The summed E-state index contributed by atoms with van der Waals surface area (Å²) in [5.41, 5.74) is 1.72. The Kier molecular flexibility index (Phi) is 4.39. The van der Waals surface area contributed by atoms with Gasteiger partial charge in [-0.3, -0.25) is 9.78 Å². The third-order valence-corrected chi connectivity index (χ3v) is 5.69. The number of pyridine rings is 1. The predicted octanol–water partition coefficient (Wildman–Crippen LogP) is 1.81. The van der Waals surface area contributed by atoms with Crippen molar-refractivity contribution in [3.05, 3.63) is 53.9 Å². The number of halogens is 1. The van der Waals surface area contributed by atoms with Crippen LogP contribution in [0.4, 0.5) is 10.2 Å². The standard InChI is InChI=1S/C20H21FN6O2/c21-14-8-13(9-22-10-14)17-2-1-5-26(17)18-4-7-27-19(24-18)16(11-23-27)20(29)25-6-3-15(28)12-25/h4,7-11,15,17,28H,1-3,5-6,12H2. The summed E-state index contributed by atoms with van der Waals surface area (Å²) in [6.45, 7) is 1.65. The summed E-state index contributed by atoms with van der Waals surface area (Å²) in [6.07, 6.45) is 8.16. The minimum Gasteiger partial charge on any atom is -0.391 e. The number of carbonyl (C=O) groups excluding carboxylic acids is 1. The molecule has 2 aliphatic rings. The molecule has 2 atom stereocenters. The molecule has 0 aliphatic carbocycles. The lowest BCUT2D eigenvalue weighted by Crippen LogP contribution is -2.29. The number of rotatable bonds is 3. The number of hydrogen-bond acceptors (Lipinski definition) is 6. The van der Waals surface area contributed by atoms with Crippen LogP contribution in [-0.2, 0) is 0 Å². The van der Waals surface area contributed by atoms with E-state index in [0.717, 1.165) is 30.8 Å². The molecule has 0 bridgehead atoms. The third-order valence-electron chi connectivity index (χ3n) is 5.69. The van der Waals surface area contributed by atoms with E-state index in [2.05, 4.69) is 15.0 Å². The summed E-state index contributed by atoms with van der Waals surface area (Å²) in [5.74, 6) is 0.197. The molecule has 3 aromatic heterocycles. The maximum atomic E-state index is 13.7. The van der Waals surface area contributed by atoms with Crippen molar-refractivity contribution in [2.75, 3.05) is 24.5 Å². The summed E-state index contributed by atoms with van der Waals surface area (Å²) in [5, 5.41) is 14.0. The van der Waals surface area contributed by atoms with Gasteiger partial charge in [-0.25, -0.2) is 13.9 Å². The van der Waals surface area contributed by atoms with E-state index in [1.165, 1.54) is 18.5 Å². The van der Waals surface area contributed by atoms with Crippen molar-refractivity contribution in [1.29, 1.82) is 0 Å². The molecule has 2 unspecified atom stereocenters. The lowest BCUT2D eigenvalue weighted by Gasteiger charge is -2.26. The number of aromatic nitrogens is 4. The molecule has 1 amide bonds. The second-order valence-corrected chi connectivity index (χ2v) is 7.59. The van der Waals surface area contributed by atoms with Gasteiger partial charge in [-0.1, -0.05) is 0 Å². The zero-order valence-corrected chi connectivity index (χ0v) is 15.8. The highest BCUT2D eigenvalue weighted by Crippen LogP contribution is 2.35. The fourth-order valence-corrected chi connectivity index (χ4v) is 4.26. The van der Waals surface area contributed by atoms with E-state index in [9.17, 15) is 14.3 Å². The maximum Gasteiger partial charge on any atom is 0.259 e. The number of aliphatic hydroxyl groups excluding tert-OH is 1. The molecule has 2 fully saturated rings. The molecule has 5 heterocycles. The number of carbonyl (C=O) groups is 1. The Morgan fingerprint density at radius 1 is 1.21 bits per heavy atom. The first-order valence-corrected chi connectivity index (χ1v) is 9.79. The Morgan fingerprint density at radius 2 is 2.10 bits per heavy atom. The van der Waals surface area contributed by atoms with E-state index in [0.29, 0.717) is 30.7 Å². The molecule has 0 radical (unpaired) electrons. The highest BCUT2D eigenvalue weighted by molar-refractivity contribution is 6.00. The molecule has 2 saturated heterocycles. The van der Waals surface area contributed by atoms with Crippen LogP contribution in [0.1, 0.15) is 41.2 Å². The topological polar surface area (TPSA) is 86.9 Å². The number of fused-ring (bicyclic) bond motifs is 1. The first-order valence-electron chi connectivity index (χ1n) is 9.79. The third kappa shape index (κ3) is 3.21. The summed E-state index contributed by atoms with van der Waals surface area (Å²) in [4.78, 5) is 25.3. The average Bonchev–Trinajstić information content (AvgIpc) is 3.46. The van der Waals surface area contributed by atoms with Crippen LogP contribution < -0.4 is 4.90 Å². The van der Waals surface area contributed by atoms with Crippen molar-refractivity contribution >= 4 is 17.4 Å². The van der Waals surface area contributed by atoms with E-state index < -0.39 is 6.10 Å². The molecular weight excluding hydrogens is 375 g/mol. The lowest BCUT2D eigenvalue weighted by atomic mass is 10.1. The minimum atomic E-state index is -0.477. The molecule has 29 heavy (non-hydrogen) atoms. The Labute approximate surface area is 166 Å². The number of likely N-dealkylation sites (tertiary alicyclic amines) is 1. The fraction of sp³-hybridized carbons (Fsp3) is 0.400. The van der Waals surface area contributed by atoms with Crippen LogP contribution in [0.25, 0.3) is 5.65 Å². The van der Waals surface area contributed by atoms with Gasteiger partial charge in [0.2, 0.25) is 0 Å². The highest BCUT2D eigenvalue weighted by atomic mass is 19.1. The summed E-state index contributed by atoms with van der Waals surface area (Å²) in [7, 11) is 0. The molecule has 150 valence electrons. The van der Waals surface area contributed by atoms with Gasteiger partial charge in [0.1, 0.15) is 17.2 Å². The van der Waals surface area contributed by atoms with Gasteiger partial charge in [-0.2, -0.15) is 5.10 Å². The summed E-state index contributed by atoms with van der Waals surface area (Å²) < 4.78 is 15.2. The Morgan fingerprint density at radius 3 is 2.90 bits per heavy atom. The van der Waals surface area contributed by atoms with Crippen LogP contribution in [0.3, 0.4) is 0 Å². The minimum absolute atomic E-state index is 0.0102. The zero-order chi connectivity index (χ0) is 20.0. The molecule has 0 aromatic carbocycles. The number of nitrogens with zero attached hydrogens (tertiary/aromatic N) is 6. The van der Waals surface area contributed by atoms with Gasteiger partial charge in [0.15, 0.2) is 5.65 Å². The van der Waals surface area contributed by atoms with E-state index in [1.807, 2.05) is 6.07 Å². The van der Waals surface area contributed by atoms with Gasteiger partial charge >= 0.3 is 0 Å². The highest BCUT2D eigenvalue weighted by Gasteiger charge is 2.30. The molecule has 5 rings (SSSR count). The monoisotopic (exact) mass is 396 g/mol. The van der Waals surface area contributed by atoms with Crippen LogP contribution in [0.2, 0.25) is 0 Å². The first-order chi connectivity index (χ1) is 14.1. The van der Waals surface area contributed by atoms with Crippen molar-refractivity contribution in [2.45, 2.75) is 31.4 Å². The number of β-amino-alcohol motifs (C(OH)–C–C–N with tert-alkyl or cyclic N) is 1. The van der Waals surface area contributed by atoms with Gasteiger partial charge in [0.05, 0.1) is 24.5 Å². The van der Waals surface area contributed by atoms with Crippen molar-refractivity contribution in [1.82, 2.24) is 24.5 Å². The van der Waals surface area contributed by atoms with E-state index in [1.54, 1.807) is 21.8 Å². The molecule has 9 heteroatoms. The normalized spacial score (nSPS) is 22.0. The Bertz CT molecular complexity index is 1070. The molecule has 0 spiro atoms. The lowest BCUT2D eigenvalue weighted by molar-refractivity contribution is 0.0766. The van der Waals surface area contributed by atoms with E-state index >= 15 is 0 Å². The zero-order valence-electron chi connectivity index (χ0n) is 15.8. The van der Waals surface area contributed by atoms with Crippen LogP contribution >= 0.6 is 0 Å². The second-order valence-electron chi connectivity index (χ2n) is 7.59. The van der Waals surface area contributed by atoms with Crippen molar-refractivity contribution in [2.24, 2.45) is 0 Å². The van der Waals surface area contributed by atoms with Gasteiger partial charge in [0.25, 0.3) is 5.91 Å². The molecule has 2 aliphatic heterocycles. The molecule has 0 saturated carbocycles. The maximum absolute atomic E-state index is 13.7. The van der Waals surface area contributed by atoms with Crippen molar-refractivity contribution in [3.63, 3.8) is 0 Å². The second kappa shape index (κ2) is 7.07. The predicted molar refractivity (Wildman–Crippen MR) is 103 cm³/mol. The van der Waals surface area contributed by atoms with Gasteiger partial charge < -0.3 is 14.9 Å². The summed E-state index contributed by atoms with van der Waals surface area (Å²) >= 11 is 0. The summed E-state index contributed by atoms with van der Waals surface area (Å²) in [6, 6.07) is 3.36. The van der Waals surface area contributed by atoms with Gasteiger partial charge in [-0.15, -0.1) is 0 Å². The number of anilines is 1. The van der Waals surface area contributed by atoms with Crippen molar-refractivity contribution in [3.8, 4) is 0 Å². The van der Waals surface area contributed by atoms with Crippen LogP contribution in [-0.4, -0.2) is 61.2 Å². The van der Waals surface area contributed by atoms with E-state index in [-0.39, 0.29) is 17.8 Å². The van der Waals surface area contributed by atoms with Crippen LogP contribution in [0.5, 0.6) is 0 Å². The van der Waals surface area contributed by atoms with E-state index in [4.69, 9.17) is 4.98 Å². The largest absolute Gasteiger partial charge is 0.391 e. The number of amides is 1. The molecule has 8 nitrogen and oxygen atoms in total. The molecular formula is C20H21FN6O2. The van der Waals surface area contributed by atoms with Crippen molar-refractivity contribution < 1.29 is 14.3 Å². The van der Waals surface area contributed by atoms with Gasteiger partial charge in [-0.05, 0) is 37.0 Å². The Hall–Kier alpha value is -3.07. The van der Waals surface area contributed by atoms with Gasteiger partial charge in [0, 0.05) is 32.0 Å². The number of aliphatic hydroxyl groups is 1. The van der Waals surface area contributed by atoms with Crippen LogP contribution in [0.15, 0.2) is 36.9 Å². The molecule has 1 N–H and O–H groups in total. The smallest absolute Gasteiger partial charge is 0.259 e. The number of hydrogen-bond donors (Lipinski definition) is 1. The first kappa shape index (κ1) is 18.0. The van der Waals surface area contributed by atoms with Crippen LogP contribution in [0, 0.1) is 5.82 Å². The molecule has 3 aromatic rings. The average molecular weight is 396 g/mol. The SMILES string of the molecule is O=C(c1cnn2ccc(N3CCCC3c3cncc(F)c3)nc12)N1CCC(O)C1.